The maximum Gasteiger partial charge on any atom is 0.223 e. The minimum atomic E-state index is -0.0493. The van der Waals surface area contributed by atoms with Gasteiger partial charge in [0.2, 0.25) is 5.91 Å². The number of amides is 1. The van der Waals surface area contributed by atoms with Crippen molar-refractivity contribution in [1.82, 2.24) is 15.3 Å². The van der Waals surface area contributed by atoms with Gasteiger partial charge < -0.3 is 15.0 Å². The number of aromatic nitrogens is 2. The van der Waals surface area contributed by atoms with Crippen molar-refractivity contribution in [1.29, 1.82) is 0 Å². The van der Waals surface area contributed by atoms with Crippen molar-refractivity contribution in [3.8, 4) is 5.75 Å². The molecule has 0 saturated carbocycles. The molecule has 6 heteroatoms. The minimum Gasteiger partial charge on any atom is -0.493 e. The maximum atomic E-state index is 11.5. The Hall–Kier alpha value is -1.82. The smallest absolute Gasteiger partial charge is 0.223 e. The third kappa shape index (κ3) is 4.75. The average Bonchev–Trinajstić information content (AvgIpc) is 2.92. The van der Waals surface area contributed by atoms with Crippen LogP contribution in [0.15, 0.2) is 41.3 Å². The van der Waals surface area contributed by atoms with Gasteiger partial charge in [-0.05, 0) is 24.3 Å². The summed E-state index contributed by atoms with van der Waals surface area (Å²) in [4.78, 5) is 18.3. The highest BCUT2D eigenvalue weighted by molar-refractivity contribution is 9.10. The first-order chi connectivity index (χ1) is 9.24. The monoisotopic (exact) mass is 323 g/mol. The van der Waals surface area contributed by atoms with Crippen LogP contribution in [0.3, 0.4) is 0 Å². The molecular formula is C13H14BrN3O2. The van der Waals surface area contributed by atoms with Gasteiger partial charge in [0, 0.05) is 10.7 Å². The molecule has 0 spiro atoms. The first-order valence-electron chi connectivity index (χ1n) is 5.86. The minimum absolute atomic E-state index is 0.0493. The van der Waals surface area contributed by atoms with Gasteiger partial charge in [-0.25, -0.2) is 4.98 Å². The molecule has 0 radical (unpaired) electrons. The quantitative estimate of drug-likeness (QED) is 0.856. The number of hydrogen-bond donors (Lipinski definition) is 2. The summed E-state index contributed by atoms with van der Waals surface area (Å²) in [6.45, 7) is 0.813. The average molecular weight is 324 g/mol. The molecule has 2 aromatic rings. The van der Waals surface area contributed by atoms with E-state index in [0.717, 1.165) is 15.9 Å². The molecule has 0 fully saturated rings. The van der Waals surface area contributed by atoms with Gasteiger partial charge >= 0.3 is 0 Å². The molecule has 0 aliphatic rings. The lowest BCUT2D eigenvalue weighted by molar-refractivity contribution is -0.121. The van der Waals surface area contributed by atoms with Crippen LogP contribution >= 0.6 is 15.9 Å². The van der Waals surface area contributed by atoms with Crippen LogP contribution in [0.25, 0.3) is 0 Å². The van der Waals surface area contributed by atoms with Crippen LogP contribution in [-0.4, -0.2) is 22.5 Å². The summed E-state index contributed by atoms with van der Waals surface area (Å²) >= 11 is 3.35. The summed E-state index contributed by atoms with van der Waals surface area (Å²) in [6, 6.07) is 7.50. The van der Waals surface area contributed by atoms with Crippen LogP contribution in [0.1, 0.15) is 12.1 Å². The molecule has 2 rings (SSSR count). The highest BCUT2D eigenvalue weighted by atomic mass is 79.9. The van der Waals surface area contributed by atoms with E-state index in [-0.39, 0.29) is 5.91 Å². The van der Waals surface area contributed by atoms with Gasteiger partial charge in [-0.1, -0.05) is 15.9 Å². The van der Waals surface area contributed by atoms with Crippen molar-refractivity contribution in [3.05, 3.63) is 47.0 Å². The largest absolute Gasteiger partial charge is 0.493 e. The first-order valence-corrected chi connectivity index (χ1v) is 6.65. The number of benzene rings is 1. The van der Waals surface area contributed by atoms with Gasteiger partial charge in [0.25, 0.3) is 0 Å². The molecule has 19 heavy (non-hydrogen) atoms. The van der Waals surface area contributed by atoms with Crippen molar-refractivity contribution in [2.75, 3.05) is 6.61 Å². The first kappa shape index (κ1) is 13.6. The predicted octanol–water partition coefficient (Wildman–Crippen LogP) is 2.26. The molecule has 2 N–H and O–H groups in total. The standard InChI is InChI=1S/C13H14BrN3O2/c14-10-1-3-12(4-2-10)19-6-5-13(18)16-8-11-7-15-9-17-11/h1-4,7,9H,5-6,8H2,(H,15,17)(H,16,18). The lowest BCUT2D eigenvalue weighted by atomic mass is 10.3. The number of H-pyrrole nitrogens is 1. The zero-order valence-electron chi connectivity index (χ0n) is 10.2. The molecule has 0 aliphatic carbocycles. The van der Waals surface area contributed by atoms with Crippen molar-refractivity contribution >= 4 is 21.8 Å². The number of halogens is 1. The Morgan fingerprint density at radius 3 is 2.84 bits per heavy atom. The van der Waals surface area contributed by atoms with E-state index in [2.05, 4.69) is 31.2 Å². The summed E-state index contributed by atoms with van der Waals surface area (Å²) in [7, 11) is 0. The van der Waals surface area contributed by atoms with E-state index in [1.165, 1.54) is 0 Å². The van der Waals surface area contributed by atoms with Crippen LogP contribution < -0.4 is 10.1 Å². The zero-order chi connectivity index (χ0) is 13.5. The normalized spacial score (nSPS) is 10.2. The van der Waals surface area contributed by atoms with Gasteiger partial charge in [-0.3, -0.25) is 4.79 Å². The molecule has 0 atom stereocenters. The molecule has 1 aromatic carbocycles. The molecule has 1 aromatic heterocycles. The molecule has 0 aliphatic heterocycles. The van der Waals surface area contributed by atoms with E-state index in [9.17, 15) is 4.79 Å². The molecule has 1 heterocycles. The van der Waals surface area contributed by atoms with Crippen molar-refractivity contribution in [2.24, 2.45) is 0 Å². The van der Waals surface area contributed by atoms with Crippen molar-refractivity contribution in [3.63, 3.8) is 0 Å². The van der Waals surface area contributed by atoms with Crippen LogP contribution in [0.5, 0.6) is 5.75 Å². The summed E-state index contributed by atoms with van der Waals surface area (Å²) in [5, 5.41) is 2.78. The zero-order valence-corrected chi connectivity index (χ0v) is 11.8. The van der Waals surface area contributed by atoms with Gasteiger partial charge in [0.15, 0.2) is 0 Å². The number of nitrogens with zero attached hydrogens (tertiary/aromatic N) is 1. The van der Waals surface area contributed by atoms with Crippen LogP contribution in [-0.2, 0) is 11.3 Å². The molecule has 100 valence electrons. The fourth-order valence-corrected chi connectivity index (χ4v) is 1.72. The summed E-state index contributed by atoms with van der Waals surface area (Å²) in [5.74, 6) is 0.705. The van der Waals surface area contributed by atoms with E-state index in [4.69, 9.17) is 4.74 Å². The molecule has 0 bridgehead atoms. The highest BCUT2D eigenvalue weighted by Gasteiger charge is 2.02. The molecular weight excluding hydrogens is 310 g/mol. The predicted molar refractivity (Wildman–Crippen MR) is 74.7 cm³/mol. The van der Waals surface area contributed by atoms with Crippen molar-refractivity contribution in [2.45, 2.75) is 13.0 Å². The van der Waals surface area contributed by atoms with Crippen LogP contribution in [0.4, 0.5) is 0 Å². The Morgan fingerprint density at radius 2 is 2.16 bits per heavy atom. The fraction of sp³-hybridized carbons (Fsp3) is 0.231. The summed E-state index contributed by atoms with van der Waals surface area (Å²) < 4.78 is 6.46. The SMILES string of the molecule is O=C(CCOc1ccc(Br)cc1)NCc1cnc[nH]1. The number of carbonyl (C=O) groups excluding carboxylic acids is 1. The molecule has 5 nitrogen and oxygen atoms in total. The second kappa shape index (κ2) is 6.94. The summed E-state index contributed by atoms with van der Waals surface area (Å²) in [5.41, 5.74) is 0.877. The Morgan fingerprint density at radius 1 is 1.37 bits per heavy atom. The summed E-state index contributed by atoms with van der Waals surface area (Å²) in [6.07, 6.45) is 3.58. The molecule has 0 saturated heterocycles. The maximum absolute atomic E-state index is 11.5. The number of nitrogens with one attached hydrogen (secondary N) is 2. The van der Waals surface area contributed by atoms with E-state index < -0.39 is 0 Å². The topological polar surface area (TPSA) is 67.0 Å². The van der Waals surface area contributed by atoms with Crippen LogP contribution in [0, 0.1) is 0 Å². The Labute approximate surface area is 119 Å². The Bertz CT molecular complexity index is 511. The second-order valence-electron chi connectivity index (χ2n) is 3.91. The van der Waals surface area contributed by atoms with E-state index in [1.54, 1.807) is 12.5 Å². The van der Waals surface area contributed by atoms with Gasteiger partial charge in [0.05, 0.1) is 31.6 Å². The van der Waals surface area contributed by atoms with E-state index in [1.807, 2.05) is 24.3 Å². The van der Waals surface area contributed by atoms with Crippen LogP contribution in [0.2, 0.25) is 0 Å². The lowest BCUT2D eigenvalue weighted by Crippen LogP contribution is -2.24. The number of aromatic amines is 1. The number of carbonyl (C=O) groups is 1. The van der Waals surface area contributed by atoms with Gasteiger partial charge in [-0.15, -0.1) is 0 Å². The van der Waals surface area contributed by atoms with Gasteiger partial charge in [-0.2, -0.15) is 0 Å². The van der Waals surface area contributed by atoms with Gasteiger partial charge in [0.1, 0.15) is 5.75 Å². The number of rotatable bonds is 6. The van der Waals surface area contributed by atoms with Crippen molar-refractivity contribution < 1.29 is 9.53 Å². The Kier molecular flexibility index (Phi) is 4.97. The molecule has 0 unspecified atom stereocenters. The third-order valence-corrected chi connectivity index (χ3v) is 2.97. The van der Waals surface area contributed by atoms with E-state index in [0.29, 0.717) is 19.6 Å². The molecule has 1 amide bonds. The lowest BCUT2D eigenvalue weighted by Gasteiger charge is -2.06. The Balaban J connectivity index is 1.65. The second-order valence-corrected chi connectivity index (χ2v) is 4.82. The van der Waals surface area contributed by atoms with E-state index >= 15 is 0 Å². The fourth-order valence-electron chi connectivity index (χ4n) is 1.46. The third-order valence-electron chi connectivity index (χ3n) is 2.44. The number of imidazole rings is 1. The number of hydrogen-bond acceptors (Lipinski definition) is 3. The highest BCUT2D eigenvalue weighted by Crippen LogP contribution is 2.16. The number of ether oxygens (including phenoxy) is 1.